The molecule has 3 nitrogen and oxygen atoms in total. The van der Waals surface area contributed by atoms with E-state index in [0.29, 0.717) is 6.42 Å². The van der Waals surface area contributed by atoms with Gasteiger partial charge in [0.15, 0.2) is 0 Å². The van der Waals surface area contributed by atoms with Crippen molar-refractivity contribution in [1.29, 1.82) is 0 Å². The molecule has 0 aromatic heterocycles. The summed E-state index contributed by atoms with van der Waals surface area (Å²) in [6.07, 6.45) is 7.32. The van der Waals surface area contributed by atoms with Crippen LogP contribution in [0.2, 0.25) is 0 Å². The van der Waals surface area contributed by atoms with Crippen molar-refractivity contribution in [3.05, 3.63) is 12.2 Å². The Balaban J connectivity index is 2.11. The SMILES string of the molecule is COC(=O)C1CC(=O)[C@@H]2CCC=C[C@@H]2C1. The van der Waals surface area contributed by atoms with Crippen LogP contribution in [0.15, 0.2) is 12.2 Å². The van der Waals surface area contributed by atoms with E-state index in [9.17, 15) is 9.59 Å². The molecule has 2 aliphatic carbocycles. The maximum absolute atomic E-state index is 11.8. The molecule has 2 rings (SSSR count). The Morgan fingerprint density at radius 3 is 3.07 bits per heavy atom. The van der Waals surface area contributed by atoms with Crippen molar-refractivity contribution in [1.82, 2.24) is 0 Å². The summed E-state index contributed by atoms with van der Waals surface area (Å²) in [4.78, 5) is 23.2. The first-order chi connectivity index (χ1) is 7.22. The summed E-state index contributed by atoms with van der Waals surface area (Å²) in [5.41, 5.74) is 0. The summed E-state index contributed by atoms with van der Waals surface area (Å²) in [7, 11) is 1.38. The van der Waals surface area contributed by atoms with Crippen LogP contribution in [0.3, 0.4) is 0 Å². The highest BCUT2D eigenvalue weighted by atomic mass is 16.5. The number of fused-ring (bicyclic) bond motifs is 1. The molecular formula is C12H16O3. The molecule has 1 unspecified atom stereocenters. The van der Waals surface area contributed by atoms with Gasteiger partial charge in [-0.3, -0.25) is 9.59 Å². The van der Waals surface area contributed by atoms with Crippen LogP contribution in [0.4, 0.5) is 0 Å². The lowest BCUT2D eigenvalue weighted by molar-refractivity contribution is -0.150. The Kier molecular flexibility index (Phi) is 2.89. The number of carbonyl (C=O) groups excluding carboxylic acids is 2. The molecule has 0 aromatic carbocycles. The van der Waals surface area contributed by atoms with Gasteiger partial charge in [-0.05, 0) is 25.2 Å². The van der Waals surface area contributed by atoms with Crippen LogP contribution < -0.4 is 0 Å². The molecule has 0 heterocycles. The van der Waals surface area contributed by atoms with Crippen LogP contribution >= 0.6 is 0 Å². The smallest absolute Gasteiger partial charge is 0.309 e. The van der Waals surface area contributed by atoms with E-state index in [-0.39, 0.29) is 29.5 Å². The van der Waals surface area contributed by atoms with Gasteiger partial charge in [0.1, 0.15) is 5.78 Å². The van der Waals surface area contributed by atoms with E-state index in [1.165, 1.54) is 7.11 Å². The zero-order valence-electron chi connectivity index (χ0n) is 8.94. The second kappa shape index (κ2) is 4.17. The predicted octanol–water partition coefficient (Wildman–Crippen LogP) is 1.72. The standard InChI is InChI=1S/C12H16O3/c1-15-12(14)9-6-8-4-2-3-5-10(8)11(13)7-9/h2,4,8-10H,3,5-7H2,1H3/t8-,9?,10-/m1/s1. The summed E-state index contributed by atoms with van der Waals surface area (Å²) in [5.74, 6) is 0.221. The molecule has 15 heavy (non-hydrogen) atoms. The fraction of sp³-hybridized carbons (Fsp3) is 0.667. The number of ether oxygens (including phenoxy) is 1. The molecule has 2 aliphatic rings. The first kappa shape index (κ1) is 10.4. The maximum Gasteiger partial charge on any atom is 0.309 e. The van der Waals surface area contributed by atoms with E-state index in [4.69, 9.17) is 4.74 Å². The second-order valence-electron chi connectivity index (χ2n) is 4.40. The molecule has 1 saturated carbocycles. The average Bonchev–Trinajstić information content (AvgIpc) is 2.28. The van der Waals surface area contributed by atoms with E-state index >= 15 is 0 Å². The zero-order chi connectivity index (χ0) is 10.8. The van der Waals surface area contributed by atoms with Gasteiger partial charge >= 0.3 is 5.97 Å². The molecule has 3 atom stereocenters. The Morgan fingerprint density at radius 2 is 2.33 bits per heavy atom. The number of ketones is 1. The van der Waals surface area contributed by atoms with Crippen molar-refractivity contribution in [3.63, 3.8) is 0 Å². The van der Waals surface area contributed by atoms with Crippen molar-refractivity contribution in [2.24, 2.45) is 17.8 Å². The molecule has 0 saturated heterocycles. The molecule has 0 bridgehead atoms. The lowest BCUT2D eigenvalue weighted by Crippen LogP contribution is -2.36. The largest absolute Gasteiger partial charge is 0.469 e. The molecule has 82 valence electrons. The first-order valence-corrected chi connectivity index (χ1v) is 5.49. The van der Waals surface area contributed by atoms with Gasteiger partial charge in [-0.15, -0.1) is 0 Å². The van der Waals surface area contributed by atoms with Crippen LogP contribution in [0.25, 0.3) is 0 Å². The number of esters is 1. The third kappa shape index (κ3) is 1.96. The molecule has 3 heteroatoms. The Labute approximate surface area is 89.5 Å². The van der Waals surface area contributed by atoms with Gasteiger partial charge in [-0.2, -0.15) is 0 Å². The first-order valence-electron chi connectivity index (χ1n) is 5.49. The van der Waals surface area contributed by atoms with Crippen molar-refractivity contribution in [2.45, 2.75) is 25.7 Å². The lowest BCUT2D eigenvalue weighted by atomic mass is 9.69. The fourth-order valence-electron chi connectivity index (χ4n) is 2.69. The van der Waals surface area contributed by atoms with Gasteiger partial charge in [0.2, 0.25) is 0 Å². The van der Waals surface area contributed by atoms with Crippen LogP contribution in [0.1, 0.15) is 25.7 Å². The highest BCUT2D eigenvalue weighted by Gasteiger charge is 2.39. The summed E-state index contributed by atoms with van der Waals surface area (Å²) in [6, 6.07) is 0. The molecule has 0 aliphatic heterocycles. The minimum atomic E-state index is -0.235. The van der Waals surface area contributed by atoms with Crippen molar-refractivity contribution in [2.75, 3.05) is 7.11 Å². The minimum absolute atomic E-state index is 0.163. The van der Waals surface area contributed by atoms with Crippen LogP contribution in [0.5, 0.6) is 0 Å². The number of hydrogen-bond donors (Lipinski definition) is 0. The monoisotopic (exact) mass is 208 g/mol. The summed E-state index contributed by atoms with van der Waals surface area (Å²) >= 11 is 0. The molecule has 0 N–H and O–H groups in total. The molecule has 1 fully saturated rings. The molecule has 0 radical (unpaired) electrons. The van der Waals surface area contributed by atoms with Gasteiger partial charge < -0.3 is 4.74 Å². The van der Waals surface area contributed by atoms with Crippen molar-refractivity contribution < 1.29 is 14.3 Å². The highest BCUT2D eigenvalue weighted by Crippen LogP contribution is 2.37. The second-order valence-corrected chi connectivity index (χ2v) is 4.40. The Hall–Kier alpha value is -1.12. The van der Waals surface area contributed by atoms with E-state index in [2.05, 4.69) is 12.2 Å². The molecule has 0 aromatic rings. The predicted molar refractivity (Wildman–Crippen MR) is 55.1 cm³/mol. The van der Waals surface area contributed by atoms with E-state index in [1.54, 1.807) is 0 Å². The number of hydrogen-bond acceptors (Lipinski definition) is 3. The van der Waals surface area contributed by atoms with Gasteiger partial charge in [0, 0.05) is 12.3 Å². The van der Waals surface area contributed by atoms with Gasteiger partial charge in [0.05, 0.1) is 13.0 Å². The molecule has 0 spiro atoms. The third-order valence-electron chi connectivity index (χ3n) is 3.50. The fourth-order valence-corrected chi connectivity index (χ4v) is 2.69. The number of carbonyl (C=O) groups is 2. The minimum Gasteiger partial charge on any atom is -0.469 e. The van der Waals surface area contributed by atoms with E-state index in [0.717, 1.165) is 19.3 Å². The van der Waals surface area contributed by atoms with Crippen LogP contribution in [-0.4, -0.2) is 18.9 Å². The topological polar surface area (TPSA) is 43.4 Å². The van der Waals surface area contributed by atoms with Crippen molar-refractivity contribution >= 4 is 11.8 Å². The Bertz CT molecular complexity index is 306. The highest BCUT2D eigenvalue weighted by molar-refractivity contribution is 5.88. The number of allylic oxidation sites excluding steroid dienone is 2. The normalized spacial score (nSPS) is 34.7. The van der Waals surface area contributed by atoms with Gasteiger partial charge in [-0.1, -0.05) is 12.2 Å². The molecule has 0 amide bonds. The Morgan fingerprint density at radius 1 is 1.53 bits per heavy atom. The molecular weight excluding hydrogens is 192 g/mol. The average molecular weight is 208 g/mol. The number of Topliss-reactive ketones (excluding diaryl/α,β-unsaturated/α-hetero) is 1. The summed E-state index contributed by atoms with van der Waals surface area (Å²) in [6.45, 7) is 0. The third-order valence-corrected chi connectivity index (χ3v) is 3.50. The lowest BCUT2D eigenvalue weighted by Gasteiger charge is -2.34. The number of methoxy groups -OCH3 is 1. The maximum atomic E-state index is 11.8. The van der Waals surface area contributed by atoms with Crippen molar-refractivity contribution in [3.8, 4) is 0 Å². The van der Waals surface area contributed by atoms with Crippen LogP contribution in [0, 0.1) is 17.8 Å². The van der Waals surface area contributed by atoms with Gasteiger partial charge in [-0.25, -0.2) is 0 Å². The van der Waals surface area contributed by atoms with Crippen LogP contribution in [-0.2, 0) is 14.3 Å². The summed E-state index contributed by atoms with van der Waals surface area (Å²) in [5, 5.41) is 0. The van der Waals surface area contributed by atoms with E-state index in [1.807, 2.05) is 0 Å². The number of rotatable bonds is 1. The summed E-state index contributed by atoms with van der Waals surface area (Å²) < 4.78 is 4.70. The quantitative estimate of drug-likeness (QED) is 0.487. The zero-order valence-corrected chi connectivity index (χ0v) is 8.94. The van der Waals surface area contributed by atoms with E-state index < -0.39 is 0 Å². The van der Waals surface area contributed by atoms with Gasteiger partial charge in [0.25, 0.3) is 0 Å².